The van der Waals surface area contributed by atoms with Crippen LogP contribution in [0.3, 0.4) is 0 Å². The number of esters is 2. The van der Waals surface area contributed by atoms with E-state index in [0.717, 1.165) is 16.3 Å². The van der Waals surface area contributed by atoms with E-state index < -0.39 is 11.9 Å². The summed E-state index contributed by atoms with van der Waals surface area (Å²) in [7, 11) is 1.24. The van der Waals surface area contributed by atoms with Crippen molar-refractivity contribution in [2.45, 2.75) is 13.0 Å². The molecule has 0 aliphatic carbocycles. The second-order valence-electron chi connectivity index (χ2n) is 6.01. The molecule has 0 unspecified atom stereocenters. The lowest BCUT2D eigenvalue weighted by Gasteiger charge is -2.08. The van der Waals surface area contributed by atoms with Gasteiger partial charge >= 0.3 is 11.9 Å². The SMILES string of the molecule is COC(=O)c1ccc(COC(=O)CNC(=O)Cc2cccc3ccccc23)o1. The van der Waals surface area contributed by atoms with Gasteiger partial charge in [-0.25, -0.2) is 4.79 Å². The molecule has 0 bridgehead atoms. The molecule has 144 valence electrons. The quantitative estimate of drug-likeness (QED) is 0.632. The lowest BCUT2D eigenvalue weighted by Crippen LogP contribution is -2.31. The molecule has 0 fully saturated rings. The molecule has 2 aromatic carbocycles. The highest BCUT2D eigenvalue weighted by atomic mass is 16.6. The highest BCUT2D eigenvalue weighted by Crippen LogP contribution is 2.18. The molecular formula is C21H19NO6. The Morgan fingerprint density at radius 1 is 1.00 bits per heavy atom. The Balaban J connectivity index is 1.47. The van der Waals surface area contributed by atoms with Gasteiger partial charge in [0.25, 0.3) is 0 Å². The predicted molar refractivity (Wildman–Crippen MR) is 101 cm³/mol. The van der Waals surface area contributed by atoms with Crippen LogP contribution in [-0.2, 0) is 32.1 Å². The molecule has 7 heteroatoms. The summed E-state index contributed by atoms with van der Waals surface area (Å²) in [5, 5.41) is 4.60. The summed E-state index contributed by atoms with van der Waals surface area (Å²) in [4.78, 5) is 35.3. The Kier molecular flexibility index (Phi) is 6.06. The summed E-state index contributed by atoms with van der Waals surface area (Å²) in [6.45, 7) is -0.400. The van der Waals surface area contributed by atoms with Crippen molar-refractivity contribution in [1.82, 2.24) is 5.32 Å². The summed E-state index contributed by atoms with van der Waals surface area (Å²) < 4.78 is 14.7. The number of ether oxygens (including phenoxy) is 2. The fourth-order valence-electron chi connectivity index (χ4n) is 2.72. The Hall–Kier alpha value is -3.61. The zero-order valence-corrected chi connectivity index (χ0v) is 15.3. The van der Waals surface area contributed by atoms with Crippen molar-refractivity contribution in [3.8, 4) is 0 Å². The molecule has 0 aliphatic rings. The van der Waals surface area contributed by atoms with Crippen LogP contribution in [0.25, 0.3) is 10.8 Å². The largest absolute Gasteiger partial charge is 0.463 e. The van der Waals surface area contributed by atoms with Crippen molar-refractivity contribution in [3.05, 3.63) is 71.7 Å². The Morgan fingerprint density at radius 2 is 1.79 bits per heavy atom. The zero-order chi connectivity index (χ0) is 19.9. The third-order valence-corrected chi connectivity index (χ3v) is 4.08. The van der Waals surface area contributed by atoms with Crippen LogP contribution in [0.2, 0.25) is 0 Å². The minimum absolute atomic E-state index is 0.0249. The molecule has 1 N–H and O–H groups in total. The van der Waals surface area contributed by atoms with Crippen LogP contribution in [-0.4, -0.2) is 31.5 Å². The Bertz CT molecular complexity index is 1000. The summed E-state index contributed by atoms with van der Waals surface area (Å²) in [5.41, 5.74) is 0.884. The van der Waals surface area contributed by atoms with Gasteiger partial charge in [0, 0.05) is 0 Å². The first-order chi connectivity index (χ1) is 13.6. The van der Waals surface area contributed by atoms with E-state index in [1.165, 1.54) is 19.2 Å². The van der Waals surface area contributed by atoms with Crippen molar-refractivity contribution < 1.29 is 28.3 Å². The highest BCUT2D eigenvalue weighted by Gasteiger charge is 2.13. The summed E-state index contributed by atoms with van der Waals surface area (Å²) in [6, 6.07) is 16.5. The van der Waals surface area contributed by atoms with Crippen LogP contribution in [0.15, 0.2) is 59.0 Å². The third-order valence-electron chi connectivity index (χ3n) is 4.08. The van der Waals surface area contributed by atoms with E-state index in [4.69, 9.17) is 9.15 Å². The van der Waals surface area contributed by atoms with Gasteiger partial charge in [-0.2, -0.15) is 0 Å². The average Bonchev–Trinajstić information content (AvgIpc) is 3.19. The van der Waals surface area contributed by atoms with E-state index >= 15 is 0 Å². The van der Waals surface area contributed by atoms with E-state index in [9.17, 15) is 14.4 Å². The lowest BCUT2D eigenvalue weighted by molar-refractivity contribution is -0.145. The van der Waals surface area contributed by atoms with Crippen LogP contribution in [0.1, 0.15) is 21.9 Å². The molecule has 3 aromatic rings. The van der Waals surface area contributed by atoms with Crippen LogP contribution in [0, 0.1) is 0 Å². The van der Waals surface area contributed by atoms with Gasteiger partial charge in [0.2, 0.25) is 11.7 Å². The van der Waals surface area contributed by atoms with Gasteiger partial charge in [-0.05, 0) is 28.5 Å². The first-order valence-electron chi connectivity index (χ1n) is 8.63. The van der Waals surface area contributed by atoms with E-state index in [2.05, 4.69) is 10.1 Å². The number of amides is 1. The highest BCUT2D eigenvalue weighted by molar-refractivity contribution is 5.91. The fourth-order valence-corrected chi connectivity index (χ4v) is 2.72. The average molecular weight is 381 g/mol. The number of benzene rings is 2. The molecule has 0 radical (unpaired) electrons. The van der Waals surface area contributed by atoms with Gasteiger partial charge in [-0.1, -0.05) is 42.5 Å². The van der Waals surface area contributed by atoms with Gasteiger partial charge in [0.1, 0.15) is 18.9 Å². The number of fused-ring (bicyclic) bond motifs is 1. The number of hydrogen-bond acceptors (Lipinski definition) is 6. The molecule has 1 amide bonds. The van der Waals surface area contributed by atoms with E-state index in [0.29, 0.717) is 5.76 Å². The molecular weight excluding hydrogens is 362 g/mol. The van der Waals surface area contributed by atoms with Crippen molar-refractivity contribution in [2.24, 2.45) is 0 Å². The second-order valence-corrected chi connectivity index (χ2v) is 6.01. The molecule has 1 heterocycles. The van der Waals surface area contributed by atoms with Crippen molar-refractivity contribution in [3.63, 3.8) is 0 Å². The normalized spacial score (nSPS) is 10.5. The van der Waals surface area contributed by atoms with Crippen molar-refractivity contribution >= 4 is 28.6 Å². The van der Waals surface area contributed by atoms with Crippen LogP contribution in [0.5, 0.6) is 0 Å². The molecule has 1 aromatic heterocycles. The minimum atomic E-state index is -0.613. The van der Waals surface area contributed by atoms with Crippen molar-refractivity contribution in [2.75, 3.05) is 13.7 Å². The zero-order valence-electron chi connectivity index (χ0n) is 15.3. The van der Waals surface area contributed by atoms with Gasteiger partial charge in [0.05, 0.1) is 13.5 Å². The van der Waals surface area contributed by atoms with E-state index in [1.807, 2.05) is 42.5 Å². The van der Waals surface area contributed by atoms with E-state index in [-0.39, 0.29) is 31.2 Å². The van der Waals surface area contributed by atoms with Gasteiger partial charge in [-0.3, -0.25) is 9.59 Å². The lowest BCUT2D eigenvalue weighted by atomic mass is 10.0. The maximum absolute atomic E-state index is 12.2. The van der Waals surface area contributed by atoms with Crippen LogP contribution in [0.4, 0.5) is 0 Å². The molecule has 3 rings (SSSR count). The van der Waals surface area contributed by atoms with Crippen molar-refractivity contribution in [1.29, 1.82) is 0 Å². The fraction of sp³-hybridized carbons (Fsp3) is 0.190. The molecule has 0 aliphatic heterocycles. The summed E-state index contributed by atoms with van der Waals surface area (Å²) in [5.74, 6) is -1.17. The van der Waals surface area contributed by atoms with Crippen LogP contribution < -0.4 is 5.32 Å². The first-order valence-corrected chi connectivity index (χ1v) is 8.63. The number of hydrogen-bond donors (Lipinski definition) is 1. The summed E-state index contributed by atoms with van der Waals surface area (Å²) >= 11 is 0. The number of carbonyl (C=O) groups is 3. The third kappa shape index (κ3) is 4.76. The molecule has 7 nitrogen and oxygen atoms in total. The molecule has 0 spiro atoms. The standard InChI is InChI=1S/C21H19NO6/c1-26-21(25)18-10-9-16(28-18)13-27-20(24)12-22-19(23)11-15-7-4-6-14-5-2-3-8-17(14)15/h2-10H,11-13H2,1H3,(H,22,23). The first kappa shape index (κ1) is 19.2. The number of furan rings is 1. The molecule has 0 saturated carbocycles. The number of carbonyl (C=O) groups excluding carboxylic acids is 3. The van der Waals surface area contributed by atoms with Gasteiger partial charge in [-0.15, -0.1) is 0 Å². The number of nitrogens with one attached hydrogen (secondary N) is 1. The molecule has 0 saturated heterocycles. The molecule has 0 atom stereocenters. The second kappa shape index (κ2) is 8.85. The van der Waals surface area contributed by atoms with Gasteiger partial charge in [0.15, 0.2) is 0 Å². The monoisotopic (exact) mass is 381 g/mol. The number of rotatable bonds is 7. The Labute approximate surface area is 161 Å². The smallest absolute Gasteiger partial charge is 0.373 e. The maximum atomic E-state index is 12.2. The van der Waals surface area contributed by atoms with E-state index in [1.54, 1.807) is 0 Å². The predicted octanol–water partition coefficient (Wildman–Crippen LogP) is 2.62. The molecule has 28 heavy (non-hydrogen) atoms. The van der Waals surface area contributed by atoms with Crippen LogP contribution >= 0.6 is 0 Å². The number of methoxy groups -OCH3 is 1. The minimum Gasteiger partial charge on any atom is -0.463 e. The Morgan fingerprint density at radius 3 is 2.61 bits per heavy atom. The van der Waals surface area contributed by atoms with Gasteiger partial charge < -0.3 is 19.2 Å². The summed E-state index contributed by atoms with van der Waals surface area (Å²) in [6.07, 6.45) is 0.162. The maximum Gasteiger partial charge on any atom is 0.373 e. The topological polar surface area (TPSA) is 94.8 Å².